The summed E-state index contributed by atoms with van der Waals surface area (Å²) in [4.78, 5) is 22.0. The van der Waals surface area contributed by atoms with Gasteiger partial charge in [-0.25, -0.2) is 0 Å². The van der Waals surface area contributed by atoms with Crippen LogP contribution >= 0.6 is 0 Å². The van der Waals surface area contributed by atoms with Crippen LogP contribution in [0.1, 0.15) is 43.3 Å². The Hall–Kier alpha value is -5.22. The Morgan fingerprint density at radius 3 is 1.31 bits per heavy atom. The lowest BCUT2D eigenvalue weighted by atomic mass is 9.80. The third-order valence-corrected chi connectivity index (χ3v) is 6.86. The van der Waals surface area contributed by atoms with Crippen molar-refractivity contribution in [3.05, 3.63) is 167 Å². The molecule has 0 atom stereocenters. The zero-order valence-electron chi connectivity index (χ0n) is 21.3. The van der Waals surface area contributed by atoms with Gasteiger partial charge in [-0.2, -0.15) is 0 Å². The summed E-state index contributed by atoms with van der Waals surface area (Å²) < 4.78 is 0. The van der Waals surface area contributed by atoms with E-state index in [9.17, 15) is 9.59 Å². The predicted molar refractivity (Wildman–Crippen MR) is 159 cm³/mol. The molecule has 6 aromatic carbocycles. The largest absolute Gasteiger partial charge is 0.366 e. The zero-order chi connectivity index (χ0) is 27.2. The van der Waals surface area contributed by atoms with Crippen molar-refractivity contribution < 1.29 is 9.59 Å². The fraction of sp³-hybridized carbons (Fsp3) is 0.0286. The second-order valence-corrected chi connectivity index (χ2v) is 9.29. The molecule has 0 unspecified atom stereocenters. The Morgan fingerprint density at radius 2 is 0.846 bits per heavy atom. The Bertz CT molecular complexity index is 1670. The van der Waals surface area contributed by atoms with Gasteiger partial charge in [-0.15, -0.1) is 0 Å². The van der Waals surface area contributed by atoms with E-state index in [0.717, 1.165) is 5.56 Å². The Balaban J connectivity index is 0.000000292. The molecule has 0 aliphatic carbocycles. The molecule has 0 radical (unpaired) electrons. The third kappa shape index (κ3) is 5.55. The predicted octanol–water partition coefficient (Wildman–Crippen LogP) is 7.06. The molecule has 4 N–H and O–H groups in total. The van der Waals surface area contributed by atoms with Gasteiger partial charge in [-0.3, -0.25) is 9.59 Å². The number of hydrogen-bond donors (Lipinski definition) is 2. The summed E-state index contributed by atoms with van der Waals surface area (Å²) in [6, 6.07) is 46.4. The summed E-state index contributed by atoms with van der Waals surface area (Å²) in [5.74, 6) is -0.756. The smallest absolute Gasteiger partial charge is 0.248 e. The monoisotopic (exact) mass is 508 g/mol. The normalized spacial score (nSPS) is 10.7. The summed E-state index contributed by atoms with van der Waals surface area (Å²) in [5.41, 5.74) is 15.1. The molecule has 0 bridgehead atoms. The number of nitrogens with two attached hydrogens (primary N) is 2. The van der Waals surface area contributed by atoms with E-state index in [1.807, 2.05) is 30.3 Å². The van der Waals surface area contributed by atoms with E-state index < -0.39 is 5.91 Å². The molecule has 0 saturated carbocycles. The summed E-state index contributed by atoms with van der Waals surface area (Å²) in [6.07, 6.45) is 0. The molecule has 0 fully saturated rings. The van der Waals surface area contributed by atoms with E-state index in [1.54, 1.807) is 24.3 Å². The lowest BCUT2D eigenvalue weighted by Crippen LogP contribution is -2.11. The van der Waals surface area contributed by atoms with Crippen molar-refractivity contribution in [1.82, 2.24) is 0 Å². The Morgan fingerprint density at radius 1 is 0.436 bits per heavy atom. The van der Waals surface area contributed by atoms with Crippen LogP contribution in [0.5, 0.6) is 0 Å². The van der Waals surface area contributed by atoms with Crippen LogP contribution in [0.25, 0.3) is 21.5 Å². The zero-order valence-corrected chi connectivity index (χ0v) is 21.3. The van der Waals surface area contributed by atoms with Crippen molar-refractivity contribution >= 4 is 33.4 Å². The second kappa shape index (κ2) is 11.4. The van der Waals surface area contributed by atoms with Gasteiger partial charge in [0.1, 0.15) is 0 Å². The number of amides is 2. The Kier molecular flexibility index (Phi) is 7.46. The highest BCUT2D eigenvalue weighted by Gasteiger charge is 2.21. The van der Waals surface area contributed by atoms with Gasteiger partial charge in [0.25, 0.3) is 0 Å². The van der Waals surface area contributed by atoms with Crippen molar-refractivity contribution in [2.75, 3.05) is 0 Å². The maximum atomic E-state index is 11.6. The molecule has 4 heteroatoms. The second-order valence-electron chi connectivity index (χ2n) is 9.29. The molecule has 0 aromatic heterocycles. The molecular weight excluding hydrogens is 480 g/mol. The van der Waals surface area contributed by atoms with Gasteiger partial charge in [-0.1, -0.05) is 115 Å². The van der Waals surface area contributed by atoms with Gasteiger partial charge in [0.15, 0.2) is 0 Å². The van der Waals surface area contributed by atoms with Gasteiger partial charge in [0.05, 0.1) is 0 Å². The van der Waals surface area contributed by atoms with Gasteiger partial charge in [0, 0.05) is 17.0 Å². The van der Waals surface area contributed by atoms with E-state index in [2.05, 4.69) is 84.9 Å². The van der Waals surface area contributed by atoms with Gasteiger partial charge < -0.3 is 11.5 Å². The van der Waals surface area contributed by atoms with Crippen LogP contribution in [0.15, 0.2) is 140 Å². The molecule has 190 valence electrons. The van der Waals surface area contributed by atoms with Crippen LogP contribution in [0.2, 0.25) is 0 Å². The number of primary amides is 2. The van der Waals surface area contributed by atoms with E-state index >= 15 is 0 Å². The number of rotatable bonds is 5. The molecule has 6 rings (SSSR count). The molecule has 2 amide bonds. The van der Waals surface area contributed by atoms with E-state index in [0.29, 0.717) is 11.1 Å². The van der Waals surface area contributed by atoms with Crippen molar-refractivity contribution in [2.45, 2.75) is 5.92 Å². The van der Waals surface area contributed by atoms with E-state index in [1.165, 1.54) is 32.7 Å². The highest BCUT2D eigenvalue weighted by atomic mass is 16.1. The molecule has 39 heavy (non-hydrogen) atoms. The first-order valence-corrected chi connectivity index (χ1v) is 12.7. The first-order valence-electron chi connectivity index (χ1n) is 12.7. The first-order chi connectivity index (χ1) is 19.0. The highest BCUT2D eigenvalue weighted by Crippen LogP contribution is 2.39. The standard InChI is InChI=1S/C28H21NO.C7H7NO/c29-28(30)22-17-15-21(16-18-22)27(25-13-5-9-19-7-1-3-11-23(19)25)26-14-6-10-20-8-2-4-12-24(20)26;8-7(9)6-4-2-1-3-5-6/h1-18,27H,(H2,29,30);1-5H,(H2,8,9). The van der Waals surface area contributed by atoms with Crippen LogP contribution in [0.3, 0.4) is 0 Å². The minimum Gasteiger partial charge on any atom is -0.366 e. The van der Waals surface area contributed by atoms with Crippen molar-refractivity contribution in [2.24, 2.45) is 11.5 Å². The number of hydrogen-bond acceptors (Lipinski definition) is 2. The molecule has 6 aromatic rings. The minimum absolute atomic E-state index is 0.0316. The maximum Gasteiger partial charge on any atom is 0.248 e. The van der Waals surface area contributed by atoms with Gasteiger partial charge in [-0.05, 0) is 62.5 Å². The molecule has 4 nitrogen and oxygen atoms in total. The molecule has 0 saturated heterocycles. The van der Waals surface area contributed by atoms with Gasteiger partial charge in [0.2, 0.25) is 11.8 Å². The van der Waals surface area contributed by atoms with Crippen LogP contribution in [0, 0.1) is 0 Å². The fourth-order valence-electron chi connectivity index (χ4n) is 4.97. The molecule has 0 aliphatic heterocycles. The SMILES string of the molecule is NC(=O)c1ccc(C(c2cccc3ccccc23)c2cccc3ccccc23)cc1.NC(=O)c1ccccc1. The minimum atomic E-state index is -0.409. The summed E-state index contributed by atoms with van der Waals surface area (Å²) >= 11 is 0. The lowest BCUT2D eigenvalue weighted by Gasteiger charge is -2.22. The third-order valence-electron chi connectivity index (χ3n) is 6.86. The summed E-state index contributed by atoms with van der Waals surface area (Å²) in [6.45, 7) is 0. The Labute approximate surface area is 227 Å². The molecular formula is C35H28N2O2. The first kappa shape index (κ1) is 25.4. The van der Waals surface area contributed by atoms with E-state index in [-0.39, 0.29) is 11.8 Å². The number of carbonyl (C=O) groups excluding carboxylic acids is 2. The molecule has 0 heterocycles. The van der Waals surface area contributed by atoms with Crippen molar-refractivity contribution in [3.8, 4) is 0 Å². The van der Waals surface area contributed by atoms with Crippen molar-refractivity contribution in [1.29, 1.82) is 0 Å². The van der Waals surface area contributed by atoms with Crippen LogP contribution in [0.4, 0.5) is 0 Å². The number of benzene rings is 6. The fourth-order valence-corrected chi connectivity index (χ4v) is 4.97. The average Bonchev–Trinajstić information content (AvgIpc) is 2.98. The van der Waals surface area contributed by atoms with Gasteiger partial charge >= 0.3 is 0 Å². The summed E-state index contributed by atoms with van der Waals surface area (Å²) in [5, 5.41) is 4.90. The quantitative estimate of drug-likeness (QED) is 0.244. The lowest BCUT2D eigenvalue weighted by molar-refractivity contribution is 0.0992. The topological polar surface area (TPSA) is 86.2 Å². The van der Waals surface area contributed by atoms with Crippen LogP contribution in [-0.2, 0) is 0 Å². The number of fused-ring (bicyclic) bond motifs is 2. The highest BCUT2D eigenvalue weighted by molar-refractivity contribution is 5.94. The maximum absolute atomic E-state index is 11.6. The van der Waals surface area contributed by atoms with Crippen molar-refractivity contribution in [3.63, 3.8) is 0 Å². The van der Waals surface area contributed by atoms with Crippen LogP contribution < -0.4 is 11.5 Å². The molecule has 0 aliphatic rings. The average molecular weight is 509 g/mol. The number of carbonyl (C=O) groups is 2. The van der Waals surface area contributed by atoms with Crippen LogP contribution in [-0.4, -0.2) is 11.8 Å². The molecule has 0 spiro atoms. The summed E-state index contributed by atoms with van der Waals surface area (Å²) in [7, 11) is 0. The van der Waals surface area contributed by atoms with E-state index in [4.69, 9.17) is 11.5 Å².